The van der Waals surface area contributed by atoms with Crippen LogP contribution in [0.15, 0.2) is 5.10 Å². The summed E-state index contributed by atoms with van der Waals surface area (Å²) in [7, 11) is 2.84. The number of esters is 1. The zero-order valence-electron chi connectivity index (χ0n) is 11.5. The summed E-state index contributed by atoms with van der Waals surface area (Å²) >= 11 is 0. The summed E-state index contributed by atoms with van der Waals surface area (Å²) in [6, 6.07) is 0. The standard InChI is InChI=1S/C12H19N3O4/c1-4-15(8-7-11(17)19-3)12(18)9-5-6-10(16)14(2)13-9/h4-8H2,1-3H3. The fraction of sp³-hybridized carbons (Fsp3) is 0.667. The largest absolute Gasteiger partial charge is 0.469 e. The molecule has 1 aliphatic rings. The summed E-state index contributed by atoms with van der Waals surface area (Å²) in [5.41, 5.74) is 0.355. The Hall–Kier alpha value is -1.92. The van der Waals surface area contributed by atoms with Crippen LogP contribution in [0.5, 0.6) is 0 Å². The molecule has 1 aliphatic heterocycles. The van der Waals surface area contributed by atoms with E-state index in [9.17, 15) is 14.4 Å². The van der Waals surface area contributed by atoms with Crippen molar-refractivity contribution in [2.24, 2.45) is 5.10 Å². The van der Waals surface area contributed by atoms with Crippen molar-refractivity contribution in [3.63, 3.8) is 0 Å². The van der Waals surface area contributed by atoms with Crippen LogP contribution in [0.1, 0.15) is 26.2 Å². The molecule has 0 saturated heterocycles. The van der Waals surface area contributed by atoms with Gasteiger partial charge in [0.05, 0.1) is 13.5 Å². The minimum Gasteiger partial charge on any atom is -0.469 e. The minimum atomic E-state index is -0.357. The summed E-state index contributed by atoms with van der Waals surface area (Å²) in [5.74, 6) is -0.691. The van der Waals surface area contributed by atoms with Crippen LogP contribution >= 0.6 is 0 Å². The van der Waals surface area contributed by atoms with Crippen LogP contribution in [0.4, 0.5) is 0 Å². The Morgan fingerprint density at radius 2 is 2.11 bits per heavy atom. The van der Waals surface area contributed by atoms with Crippen molar-refractivity contribution >= 4 is 23.5 Å². The maximum atomic E-state index is 12.2. The zero-order valence-corrected chi connectivity index (χ0v) is 11.5. The lowest BCUT2D eigenvalue weighted by Gasteiger charge is -2.24. The molecule has 0 radical (unpaired) electrons. The van der Waals surface area contributed by atoms with Crippen molar-refractivity contribution in [1.29, 1.82) is 0 Å². The van der Waals surface area contributed by atoms with E-state index in [4.69, 9.17) is 0 Å². The van der Waals surface area contributed by atoms with Gasteiger partial charge in [-0.1, -0.05) is 0 Å². The van der Waals surface area contributed by atoms with Crippen LogP contribution in [-0.2, 0) is 19.1 Å². The Kier molecular flexibility index (Phi) is 5.47. The highest BCUT2D eigenvalue weighted by Crippen LogP contribution is 2.09. The molecule has 7 heteroatoms. The lowest BCUT2D eigenvalue weighted by atomic mass is 10.1. The van der Waals surface area contributed by atoms with Gasteiger partial charge < -0.3 is 9.64 Å². The van der Waals surface area contributed by atoms with Crippen LogP contribution in [-0.4, -0.2) is 60.7 Å². The molecule has 0 N–H and O–H groups in total. The number of ether oxygens (including phenoxy) is 1. The second-order valence-electron chi connectivity index (χ2n) is 4.17. The van der Waals surface area contributed by atoms with E-state index < -0.39 is 0 Å². The van der Waals surface area contributed by atoms with Gasteiger partial charge >= 0.3 is 5.97 Å². The van der Waals surface area contributed by atoms with Crippen LogP contribution < -0.4 is 0 Å². The number of methoxy groups -OCH3 is 1. The van der Waals surface area contributed by atoms with E-state index >= 15 is 0 Å². The first kappa shape index (κ1) is 15.1. The highest BCUT2D eigenvalue weighted by atomic mass is 16.5. The van der Waals surface area contributed by atoms with Crippen molar-refractivity contribution in [3.8, 4) is 0 Å². The van der Waals surface area contributed by atoms with Crippen LogP contribution in [0.2, 0.25) is 0 Å². The van der Waals surface area contributed by atoms with E-state index in [0.29, 0.717) is 25.2 Å². The molecule has 0 aromatic heterocycles. The molecule has 0 atom stereocenters. The lowest BCUT2D eigenvalue weighted by Crippen LogP contribution is -2.41. The smallest absolute Gasteiger partial charge is 0.307 e. The predicted molar refractivity (Wildman–Crippen MR) is 68.3 cm³/mol. The Morgan fingerprint density at radius 1 is 1.42 bits per heavy atom. The molecular formula is C12H19N3O4. The lowest BCUT2D eigenvalue weighted by molar-refractivity contribution is -0.141. The molecule has 0 bridgehead atoms. The molecule has 0 unspecified atom stereocenters. The third-order valence-electron chi connectivity index (χ3n) is 2.94. The van der Waals surface area contributed by atoms with Gasteiger partial charge in [-0.2, -0.15) is 5.10 Å². The van der Waals surface area contributed by atoms with Gasteiger partial charge in [-0.15, -0.1) is 0 Å². The number of hydrazone groups is 1. The monoisotopic (exact) mass is 269 g/mol. The first-order valence-electron chi connectivity index (χ1n) is 6.19. The van der Waals surface area contributed by atoms with E-state index in [1.54, 1.807) is 0 Å². The molecule has 1 rings (SSSR count). The normalized spacial score (nSPS) is 15.0. The van der Waals surface area contributed by atoms with Crippen molar-refractivity contribution < 1.29 is 19.1 Å². The average molecular weight is 269 g/mol. The quantitative estimate of drug-likeness (QED) is 0.658. The molecule has 1 heterocycles. The van der Waals surface area contributed by atoms with Gasteiger partial charge in [0.15, 0.2) is 0 Å². The van der Waals surface area contributed by atoms with Gasteiger partial charge in [-0.05, 0) is 6.92 Å². The Bertz CT molecular complexity index is 406. The number of rotatable bonds is 5. The van der Waals surface area contributed by atoms with Crippen molar-refractivity contribution in [3.05, 3.63) is 0 Å². The molecule has 0 fully saturated rings. The number of amides is 2. The molecule has 0 aromatic carbocycles. The van der Waals surface area contributed by atoms with Crippen molar-refractivity contribution in [2.75, 3.05) is 27.2 Å². The van der Waals surface area contributed by atoms with E-state index in [1.165, 1.54) is 24.1 Å². The minimum absolute atomic E-state index is 0.103. The summed E-state index contributed by atoms with van der Waals surface area (Å²) in [5, 5.41) is 5.16. The fourth-order valence-electron chi connectivity index (χ4n) is 1.74. The topological polar surface area (TPSA) is 79.3 Å². The maximum absolute atomic E-state index is 12.2. The van der Waals surface area contributed by atoms with Crippen molar-refractivity contribution in [2.45, 2.75) is 26.2 Å². The Morgan fingerprint density at radius 3 is 2.63 bits per heavy atom. The third kappa shape index (κ3) is 4.04. The molecule has 0 aromatic rings. The molecule has 7 nitrogen and oxygen atoms in total. The van der Waals surface area contributed by atoms with E-state index in [2.05, 4.69) is 9.84 Å². The van der Waals surface area contributed by atoms with Crippen LogP contribution in [0, 0.1) is 0 Å². The highest BCUT2D eigenvalue weighted by molar-refractivity contribution is 6.39. The Balaban J connectivity index is 2.66. The molecule has 106 valence electrons. The second kappa shape index (κ2) is 6.86. The van der Waals surface area contributed by atoms with Gasteiger partial charge in [-0.3, -0.25) is 14.4 Å². The number of hydrogen-bond donors (Lipinski definition) is 0. The molecule has 0 spiro atoms. The molecule has 0 aliphatic carbocycles. The first-order chi connectivity index (χ1) is 8.99. The molecule has 19 heavy (non-hydrogen) atoms. The van der Waals surface area contributed by atoms with Gasteiger partial charge in [-0.25, -0.2) is 5.01 Å². The number of nitrogens with zero attached hydrogens (tertiary/aromatic N) is 3. The van der Waals surface area contributed by atoms with Crippen LogP contribution in [0.25, 0.3) is 0 Å². The van der Waals surface area contributed by atoms with Gasteiger partial charge in [0.25, 0.3) is 5.91 Å². The van der Waals surface area contributed by atoms with Gasteiger partial charge in [0.1, 0.15) is 5.71 Å². The zero-order chi connectivity index (χ0) is 14.4. The van der Waals surface area contributed by atoms with E-state index in [0.717, 1.165) is 0 Å². The van der Waals surface area contributed by atoms with E-state index in [-0.39, 0.29) is 30.6 Å². The highest BCUT2D eigenvalue weighted by Gasteiger charge is 2.25. The SMILES string of the molecule is CCN(CCC(=O)OC)C(=O)C1=NN(C)C(=O)CC1. The summed E-state index contributed by atoms with van der Waals surface area (Å²) < 4.78 is 4.54. The fourth-order valence-corrected chi connectivity index (χ4v) is 1.74. The van der Waals surface area contributed by atoms with Crippen molar-refractivity contribution in [1.82, 2.24) is 9.91 Å². The summed E-state index contributed by atoms with van der Waals surface area (Å²) in [6.07, 6.45) is 0.782. The number of carbonyl (C=O) groups is 3. The van der Waals surface area contributed by atoms with Crippen LogP contribution in [0.3, 0.4) is 0 Å². The maximum Gasteiger partial charge on any atom is 0.307 e. The predicted octanol–water partition coefficient (Wildman–Crippen LogP) is 0.00620. The molecular weight excluding hydrogens is 250 g/mol. The molecule has 0 saturated carbocycles. The third-order valence-corrected chi connectivity index (χ3v) is 2.94. The molecule has 2 amide bonds. The average Bonchev–Trinajstić information content (AvgIpc) is 2.41. The Labute approximate surface area is 112 Å². The first-order valence-corrected chi connectivity index (χ1v) is 6.19. The van der Waals surface area contributed by atoms with Gasteiger partial charge in [0, 0.05) is 33.0 Å². The second-order valence-corrected chi connectivity index (χ2v) is 4.17. The number of carbonyl (C=O) groups excluding carboxylic acids is 3. The summed E-state index contributed by atoms with van der Waals surface area (Å²) in [4.78, 5) is 36.1. The summed E-state index contributed by atoms with van der Waals surface area (Å²) in [6.45, 7) is 2.60. The number of hydrogen-bond acceptors (Lipinski definition) is 5. The van der Waals surface area contributed by atoms with Gasteiger partial charge in [0.2, 0.25) is 5.91 Å². The van der Waals surface area contributed by atoms with E-state index in [1.807, 2.05) is 6.92 Å².